The first-order valence-corrected chi connectivity index (χ1v) is 5.35. The molecule has 2 N–H and O–H groups in total. The lowest BCUT2D eigenvalue weighted by Crippen LogP contribution is -1.99. The highest BCUT2D eigenvalue weighted by Crippen LogP contribution is 2.15. The molecule has 3 nitrogen and oxygen atoms in total. The fourth-order valence-electron chi connectivity index (χ4n) is 1.56. The molecule has 1 aromatic heterocycles. The van der Waals surface area contributed by atoms with E-state index in [1.807, 2.05) is 38.2 Å². The molecule has 1 aromatic carbocycles. The Kier molecular flexibility index (Phi) is 3.15. The van der Waals surface area contributed by atoms with Crippen LogP contribution in [0.3, 0.4) is 0 Å². The van der Waals surface area contributed by atoms with Crippen LogP contribution in [0.15, 0.2) is 40.8 Å². The van der Waals surface area contributed by atoms with E-state index in [0.717, 1.165) is 23.9 Å². The van der Waals surface area contributed by atoms with Gasteiger partial charge in [-0.1, -0.05) is 12.1 Å². The maximum atomic E-state index is 5.44. The van der Waals surface area contributed by atoms with Gasteiger partial charge in [0.25, 0.3) is 0 Å². The predicted molar refractivity (Wildman–Crippen MR) is 66.8 cm³/mol. The Bertz CT molecular complexity index is 462. The van der Waals surface area contributed by atoms with Crippen molar-refractivity contribution in [3.63, 3.8) is 0 Å². The Morgan fingerprint density at radius 2 is 2.06 bits per heavy atom. The fourth-order valence-corrected chi connectivity index (χ4v) is 1.56. The summed E-state index contributed by atoms with van der Waals surface area (Å²) in [7, 11) is 1.92. The van der Waals surface area contributed by atoms with Gasteiger partial charge in [0.15, 0.2) is 5.88 Å². The predicted octanol–water partition coefficient (Wildman–Crippen LogP) is 3.24. The molecule has 1 heterocycles. The van der Waals surface area contributed by atoms with E-state index in [9.17, 15) is 0 Å². The van der Waals surface area contributed by atoms with Crippen LogP contribution in [0.1, 0.15) is 11.3 Å². The second kappa shape index (κ2) is 4.75. The molecule has 0 bridgehead atoms. The van der Waals surface area contributed by atoms with Crippen molar-refractivity contribution in [3.05, 3.63) is 47.7 Å². The Labute approximate surface area is 95.5 Å². The second-order valence-electron chi connectivity index (χ2n) is 3.71. The lowest BCUT2D eigenvalue weighted by Gasteiger charge is -2.05. The molecule has 16 heavy (non-hydrogen) atoms. The van der Waals surface area contributed by atoms with E-state index in [0.29, 0.717) is 0 Å². The summed E-state index contributed by atoms with van der Waals surface area (Å²) < 4.78 is 5.44. The quantitative estimate of drug-likeness (QED) is 0.823. The van der Waals surface area contributed by atoms with E-state index in [-0.39, 0.29) is 0 Å². The standard InChI is InChI=1S/C13H16N2O/c1-10-6-7-13(16-10)15-9-11-4-3-5-12(8-11)14-2/h3-8,14-15H,9H2,1-2H3. The number of hydrogen-bond donors (Lipinski definition) is 2. The van der Waals surface area contributed by atoms with Gasteiger partial charge < -0.3 is 15.1 Å². The third-order valence-electron chi connectivity index (χ3n) is 2.42. The molecule has 0 aliphatic carbocycles. The topological polar surface area (TPSA) is 37.2 Å². The first-order valence-electron chi connectivity index (χ1n) is 5.35. The highest BCUT2D eigenvalue weighted by Gasteiger charge is 1.98. The normalized spacial score (nSPS) is 10.1. The molecule has 84 valence electrons. The number of nitrogens with one attached hydrogen (secondary N) is 2. The molecule has 0 saturated carbocycles. The molecule has 0 unspecified atom stereocenters. The molecule has 0 spiro atoms. The zero-order valence-corrected chi connectivity index (χ0v) is 9.58. The van der Waals surface area contributed by atoms with Crippen LogP contribution in [-0.2, 0) is 6.54 Å². The van der Waals surface area contributed by atoms with Gasteiger partial charge in [-0.05, 0) is 30.7 Å². The van der Waals surface area contributed by atoms with E-state index in [4.69, 9.17) is 4.42 Å². The third-order valence-corrected chi connectivity index (χ3v) is 2.42. The highest BCUT2D eigenvalue weighted by molar-refractivity contribution is 5.46. The number of anilines is 2. The minimum Gasteiger partial charge on any atom is -0.446 e. The molecule has 0 saturated heterocycles. The first-order chi connectivity index (χ1) is 7.78. The largest absolute Gasteiger partial charge is 0.446 e. The van der Waals surface area contributed by atoms with Crippen molar-refractivity contribution >= 4 is 11.6 Å². The summed E-state index contributed by atoms with van der Waals surface area (Å²) in [6.07, 6.45) is 0. The summed E-state index contributed by atoms with van der Waals surface area (Å²) in [5, 5.41) is 6.36. The fraction of sp³-hybridized carbons (Fsp3) is 0.231. The molecule has 2 rings (SSSR count). The van der Waals surface area contributed by atoms with Crippen LogP contribution < -0.4 is 10.6 Å². The van der Waals surface area contributed by atoms with Gasteiger partial charge in [-0.25, -0.2) is 0 Å². The molecule has 0 amide bonds. The highest BCUT2D eigenvalue weighted by atomic mass is 16.4. The number of rotatable bonds is 4. The molecule has 0 aliphatic heterocycles. The summed E-state index contributed by atoms with van der Waals surface area (Å²) in [5.41, 5.74) is 2.34. The molecule has 2 aromatic rings. The lowest BCUT2D eigenvalue weighted by atomic mass is 10.2. The zero-order valence-electron chi connectivity index (χ0n) is 9.58. The summed E-state index contributed by atoms with van der Waals surface area (Å²) >= 11 is 0. The minimum absolute atomic E-state index is 0.766. The van der Waals surface area contributed by atoms with Gasteiger partial charge in [0.2, 0.25) is 0 Å². The number of hydrogen-bond acceptors (Lipinski definition) is 3. The third kappa shape index (κ3) is 2.57. The second-order valence-corrected chi connectivity index (χ2v) is 3.71. The maximum Gasteiger partial charge on any atom is 0.193 e. The van der Waals surface area contributed by atoms with Gasteiger partial charge in [0, 0.05) is 25.3 Å². The van der Waals surface area contributed by atoms with E-state index in [1.54, 1.807) is 0 Å². The van der Waals surface area contributed by atoms with Crippen molar-refractivity contribution in [1.29, 1.82) is 0 Å². The van der Waals surface area contributed by atoms with E-state index < -0.39 is 0 Å². The smallest absolute Gasteiger partial charge is 0.193 e. The van der Waals surface area contributed by atoms with Crippen LogP contribution in [0.25, 0.3) is 0 Å². The van der Waals surface area contributed by atoms with Crippen molar-refractivity contribution < 1.29 is 4.42 Å². The van der Waals surface area contributed by atoms with Crippen LogP contribution >= 0.6 is 0 Å². The Hall–Kier alpha value is -1.90. The zero-order chi connectivity index (χ0) is 11.4. The Balaban J connectivity index is 1.99. The van der Waals surface area contributed by atoms with Crippen LogP contribution in [0.4, 0.5) is 11.6 Å². The van der Waals surface area contributed by atoms with Crippen molar-refractivity contribution in [2.45, 2.75) is 13.5 Å². The number of furan rings is 1. The number of aryl methyl sites for hydroxylation is 1. The molecule has 0 aliphatic rings. The van der Waals surface area contributed by atoms with Gasteiger partial charge in [0.1, 0.15) is 5.76 Å². The van der Waals surface area contributed by atoms with E-state index in [1.165, 1.54) is 5.56 Å². The first kappa shape index (κ1) is 10.6. The summed E-state index contributed by atoms with van der Waals surface area (Å²) in [6, 6.07) is 12.2. The molecular formula is C13H16N2O. The maximum absolute atomic E-state index is 5.44. The Morgan fingerprint density at radius 3 is 2.75 bits per heavy atom. The van der Waals surface area contributed by atoms with Gasteiger partial charge in [-0.15, -0.1) is 0 Å². The molecule has 3 heteroatoms. The van der Waals surface area contributed by atoms with Crippen molar-refractivity contribution in [2.75, 3.05) is 17.7 Å². The molecule has 0 atom stereocenters. The average Bonchev–Trinajstić information content (AvgIpc) is 2.73. The van der Waals surface area contributed by atoms with E-state index >= 15 is 0 Å². The van der Waals surface area contributed by atoms with Crippen LogP contribution in [0, 0.1) is 6.92 Å². The molecule has 0 radical (unpaired) electrons. The molecular weight excluding hydrogens is 200 g/mol. The van der Waals surface area contributed by atoms with Crippen molar-refractivity contribution in [2.24, 2.45) is 0 Å². The lowest BCUT2D eigenvalue weighted by molar-refractivity contribution is 0.546. The monoisotopic (exact) mass is 216 g/mol. The summed E-state index contributed by atoms with van der Waals surface area (Å²) in [4.78, 5) is 0. The van der Waals surface area contributed by atoms with Gasteiger partial charge in [0.05, 0.1) is 0 Å². The van der Waals surface area contributed by atoms with Crippen LogP contribution in [-0.4, -0.2) is 7.05 Å². The SMILES string of the molecule is CNc1cccc(CNc2ccc(C)o2)c1. The van der Waals surface area contributed by atoms with Gasteiger partial charge >= 0.3 is 0 Å². The number of benzene rings is 1. The van der Waals surface area contributed by atoms with E-state index in [2.05, 4.69) is 22.8 Å². The summed E-state index contributed by atoms with van der Waals surface area (Å²) in [6.45, 7) is 2.70. The van der Waals surface area contributed by atoms with Crippen molar-refractivity contribution in [1.82, 2.24) is 0 Å². The minimum atomic E-state index is 0.766. The van der Waals surface area contributed by atoms with Crippen molar-refractivity contribution in [3.8, 4) is 0 Å². The van der Waals surface area contributed by atoms with Crippen LogP contribution in [0.2, 0.25) is 0 Å². The van der Waals surface area contributed by atoms with Crippen LogP contribution in [0.5, 0.6) is 0 Å². The molecule has 0 fully saturated rings. The average molecular weight is 216 g/mol. The summed E-state index contributed by atoms with van der Waals surface area (Å²) in [5.74, 6) is 1.74. The van der Waals surface area contributed by atoms with Gasteiger partial charge in [-0.3, -0.25) is 0 Å². The Morgan fingerprint density at radius 1 is 1.19 bits per heavy atom. The van der Waals surface area contributed by atoms with Gasteiger partial charge in [-0.2, -0.15) is 0 Å².